The van der Waals surface area contributed by atoms with Gasteiger partial charge in [-0.25, -0.2) is 0 Å². The minimum atomic E-state index is -0.0944. The van der Waals surface area contributed by atoms with E-state index < -0.39 is 0 Å². The zero-order chi connectivity index (χ0) is 14.5. The van der Waals surface area contributed by atoms with E-state index in [2.05, 4.69) is 18.3 Å². The Hall–Kier alpha value is -1.65. The minimum absolute atomic E-state index is 0.0691. The molecule has 2 aromatic rings. The van der Waals surface area contributed by atoms with Gasteiger partial charge in [-0.2, -0.15) is 0 Å². The number of nitrogens with one attached hydrogen (secondary N) is 1. The molecule has 0 fully saturated rings. The third-order valence-corrected chi connectivity index (χ3v) is 4.22. The topological polar surface area (TPSA) is 38.3 Å². The van der Waals surface area contributed by atoms with Crippen LogP contribution in [0.25, 0.3) is 0 Å². The van der Waals surface area contributed by atoms with Crippen LogP contribution in [-0.2, 0) is 4.74 Å². The van der Waals surface area contributed by atoms with E-state index >= 15 is 0 Å². The van der Waals surface area contributed by atoms with Gasteiger partial charge in [0.05, 0.1) is 0 Å². The van der Waals surface area contributed by atoms with Gasteiger partial charge in [0.15, 0.2) is 0 Å². The first kappa shape index (κ1) is 14.8. The molecule has 1 unspecified atom stereocenters. The maximum atomic E-state index is 12.0. The van der Waals surface area contributed by atoms with E-state index in [9.17, 15) is 4.79 Å². The van der Waals surface area contributed by atoms with E-state index in [1.54, 1.807) is 18.4 Å². The molecule has 1 aromatic carbocycles. The molecule has 0 spiro atoms. The standard InChI is InChI=1S/C16H19NO2S/c1-11-4-7-13(8-5-11)16(18)17-10-14(19-3)15-9-6-12(2)20-15/h4-9,14H,10H2,1-3H3,(H,17,18). The summed E-state index contributed by atoms with van der Waals surface area (Å²) in [7, 11) is 1.66. The van der Waals surface area contributed by atoms with Crippen molar-refractivity contribution < 1.29 is 9.53 Å². The molecule has 0 aliphatic carbocycles. The number of carbonyl (C=O) groups is 1. The molecule has 0 saturated carbocycles. The maximum absolute atomic E-state index is 12.0. The lowest BCUT2D eigenvalue weighted by molar-refractivity contribution is 0.0837. The van der Waals surface area contributed by atoms with Gasteiger partial charge in [0.2, 0.25) is 0 Å². The molecule has 0 radical (unpaired) electrons. The number of ether oxygens (including phenoxy) is 1. The third kappa shape index (κ3) is 3.68. The van der Waals surface area contributed by atoms with Crippen LogP contribution in [0.4, 0.5) is 0 Å². The molecule has 0 saturated heterocycles. The maximum Gasteiger partial charge on any atom is 0.251 e. The van der Waals surface area contributed by atoms with Crippen molar-refractivity contribution in [2.75, 3.05) is 13.7 Å². The van der Waals surface area contributed by atoms with Gasteiger partial charge in [-0.05, 0) is 38.1 Å². The van der Waals surface area contributed by atoms with Gasteiger partial charge in [0.1, 0.15) is 6.10 Å². The van der Waals surface area contributed by atoms with Gasteiger partial charge in [-0.1, -0.05) is 17.7 Å². The summed E-state index contributed by atoms with van der Waals surface area (Å²) in [6.07, 6.45) is -0.0944. The van der Waals surface area contributed by atoms with E-state index in [1.807, 2.05) is 37.3 Å². The molecule has 20 heavy (non-hydrogen) atoms. The Morgan fingerprint density at radius 3 is 2.45 bits per heavy atom. The number of aryl methyl sites for hydroxylation is 2. The van der Waals surface area contributed by atoms with Gasteiger partial charge in [-0.15, -0.1) is 11.3 Å². The first-order valence-electron chi connectivity index (χ1n) is 6.54. The van der Waals surface area contributed by atoms with Crippen LogP contribution >= 0.6 is 11.3 Å². The molecule has 0 aliphatic heterocycles. The highest BCUT2D eigenvalue weighted by molar-refractivity contribution is 7.12. The highest BCUT2D eigenvalue weighted by Gasteiger charge is 2.14. The Bertz CT molecular complexity index is 574. The number of carbonyl (C=O) groups excluding carboxylic acids is 1. The summed E-state index contributed by atoms with van der Waals surface area (Å²) in [5, 5.41) is 2.92. The van der Waals surface area contributed by atoms with Gasteiger partial charge < -0.3 is 10.1 Å². The fraction of sp³-hybridized carbons (Fsp3) is 0.312. The molecule has 4 heteroatoms. The number of hydrogen-bond donors (Lipinski definition) is 1. The minimum Gasteiger partial charge on any atom is -0.374 e. The molecule has 1 atom stereocenters. The molecule has 106 valence electrons. The largest absolute Gasteiger partial charge is 0.374 e. The second-order valence-electron chi connectivity index (χ2n) is 4.75. The number of benzene rings is 1. The molecule has 1 heterocycles. The molecule has 1 aromatic heterocycles. The van der Waals surface area contributed by atoms with E-state index in [-0.39, 0.29) is 12.0 Å². The molecule has 2 rings (SSSR count). The molecular weight excluding hydrogens is 270 g/mol. The van der Waals surface area contributed by atoms with Crippen LogP contribution in [0, 0.1) is 13.8 Å². The Morgan fingerprint density at radius 2 is 1.90 bits per heavy atom. The average molecular weight is 289 g/mol. The highest BCUT2D eigenvalue weighted by Crippen LogP contribution is 2.24. The summed E-state index contributed by atoms with van der Waals surface area (Å²) < 4.78 is 5.45. The summed E-state index contributed by atoms with van der Waals surface area (Å²) >= 11 is 1.69. The first-order valence-corrected chi connectivity index (χ1v) is 7.36. The SMILES string of the molecule is COC(CNC(=O)c1ccc(C)cc1)c1ccc(C)s1. The Balaban J connectivity index is 1.96. The quantitative estimate of drug-likeness (QED) is 0.915. The first-order chi connectivity index (χ1) is 9.60. The van der Waals surface area contributed by atoms with Crippen LogP contribution in [0.15, 0.2) is 36.4 Å². The van der Waals surface area contributed by atoms with Crippen LogP contribution in [0.3, 0.4) is 0 Å². The van der Waals surface area contributed by atoms with E-state index in [1.165, 1.54) is 4.88 Å². The van der Waals surface area contributed by atoms with Crippen molar-refractivity contribution in [3.05, 3.63) is 57.3 Å². The zero-order valence-corrected chi connectivity index (χ0v) is 12.8. The van der Waals surface area contributed by atoms with Crippen molar-refractivity contribution in [1.82, 2.24) is 5.32 Å². The lowest BCUT2D eigenvalue weighted by Gasteiger charge is -2.14. The second-order valence-corrected chi connectivity index (χ2v) is 6.07. The lowest BCUT2D eigenvalue weighted by atomic mass is 10.1. The Kier molecular flexibility index (Phi) is 4.93. The van der Waals surface area contributed by atoms with Crippen LogP contribution in [0.2, 0.25) is 0 Å². The molecule has 1 amide bonds. The molecule has 1 N–H and O–H groups in total. The van der Waals surface area contributed by atoms with E-state index in [0.29, 0.717) is 12.1 Å². The summed E-state index contributed by atoms with van der Waals surface area (Å²) in [5.74, 6) is -0.0691. The predicted octanol–water partition coefficient (Wildman–Crippen LogP) is 3.48. The predicted molar refractivity (Wildman–Crippen MR) is 82.3 cm³/mol. The number of amides is 1. The number of hydrogen-bond acceptors (Lipinski definition) is 3. The molecule has 3 nitrogen and oxygen atoms in total. The Labute approximate surface area is 123 Å². The molecule has 0 aliphatic rings. The summed E-state index contributed by atoms with van der Waals surface area (Å²) in [5.41, 5.74) is 1.82. The van der Waals surface area contributed by atoms with Crippen molar-refractivity contribution in [2.24, 2.45) is 0 Å². The third-order valence-electron chi connectivity index (χ3n) is 3.12. The van der Waals surface area contributed by atoms with Crippen molar-refractivity contribution in [2.45, 2.75) is 20.0 Å². The average Bonchev–Trinajstić information content (AvgIpc) is 2.86. The lowest BCUT2D eigenvalue weighted by Crippen LogP contribution is -2.28. The summed E-state index contributed by atoms with van der Waals surface area (Å²) in [4.78, 5) is 14.4. The zero-order valence-electron chi connectivity index (χ0n) is 12.0. The normalized spacial score (nSPS) is 12.2. The molecular formula is C16H19NO2S. The monoisotopic (exact) mass is 289 g/mol. The molecule has 0 bridgehead atoms. The fourth-order valence-electron chi connectivity index (χ4n) is 1.92. The summed E-state index contributed by atoms with van der Waals surface area (Å²) in [6.45, 7) is 4.54. The van der Waals surface area contributed by atoms with Crippen LogP contribution < -0.4 is 5.32 Å². The Morgan fingerprint density at radius 1 is 1.20 bits per heavy atom. The van der Waals surface area contributed by atoms with Gasteiger partial charge in [0, 0.05) is 29.0 Å². The second kappa shape index (κ2) is 6.68. The summed E-state index contributed by atoms with van der Waals surface area (Å²) in [6, 6.07) is 11.7. The van der Waals surface area contributed by atoms with Crippen molar-refractivity contribution >= 4 is 17.2 Å². The fourth-order valence-corrected chi connectivity index (χ4v) is 2.87. The number of rotatable bonds is 5. The van der Waals surface area contributed by atoms with Gasteiger partial charge in [0.25, 0.3) is 5.91 Å². The van der Waals surface area contributed by atoms with Crippen molar-refractivity contribution in [1.29, 1.82) is 0 Å². The van der Waals surface area contributed by atoms with E-state index in [0.717, 1.165) is 10.4 Å². The van der Waals surface area contributed by atoms with Gasteiger partial charge in [-0.3, -0.25) is 4.79 Å². The number of methoxy groups -OCH3 is 1. The van der Waals surface area contributed by atoms with Crippen LogP contribution in [-0.4, -0.2) is 19.6 Å². The smallest absolute Gasteiger partial charge is 0.251 e. The van der Waals surface area contributed by atoms with Crippen molar-refractivity contribution in [3.8, 4) is 0 Å². The number of thiophene rings is 1. The van der Waals surface area contributed by atoms with Crippen molar-refractivity contribution in [3.63, 3.8) is 0 Å². The highest BCUT2D eigenvalue weighted by atomic mass is 32.1. The van der Waals surface area contributed by atoms with Gasteiger partial charge >= 0.3 is 0 Å². The van der Waals surface area contributed by atoms with E-state index in [4.69, 9.17) is 4.74 Å². The van der Waals surface area contributed by atoms with Crippen LogP contribution in [0.5, 0.6) is 0 Å². The van der Waals surface area contributed by atoms with Crippen LogP contribution in [0.1, 0.15) is 31.8 Å².